The van der Waals surface area contributed by atoms with Crippen LogP contribution in [0.15, 0.2) is 0 Å². The molecule has 2 atom stereocenters. The van der Waals surface area contributed by atoms with Crippen molar-refractivity contribution in [3.05, 3.63) is 0 Å². The third-order valence-corrected chi connectivity index (χ3v) is 1.00. The zero-order chi connectivity index (χ0) is 5.15. The first kappa shape index (κ1) is 16.4. The molecule has 8 heteroatoms. The first-order valence-corrected chi connectivity index (χ1v) is 3.50. The third-order valence-electron chi connectivity index (χ3n) is 0.111. The smallest absolute Gasteiger partial charge is 0.763 e. The summed E-state index contributed by atoms with van der Waals surface area (Å²) in [4.78, 5) is 0. The van der Waals surface area contributed by atoms with Crippen LogP contribution < -0.4 is 29.6 Å². The fraction of sp³-hybridized carbons (Fsp3) is 0. The van der Waals surface area contributed by atoms with Gasteiger partial charge in [-0.15, -0.1) is 0 Å². The molecule has 0 spiro atoms. The molecular formula is FeNaO4S2+. The standard InChI is InChI=1S/Fe.Na.H2O4S2/c;;1-5(2)6(3)4/h;;(H,1,2)(H,3,4)/q+2;+1;/p-2. The first-order chi connectivity index (χ1) is 2.64. The number of rotatable bonds is 1. The topological polar surface area (TPSA) is 80.3 Å². The molecule has 4 nitrogen and oxygen atoms in total. The molecule has 2 unspecified atom stereocenters. The van der Waals surface area contributed by atoms with Crippen molar-refractivity contribution in [3.63, 3.8) is 0 Å². The fourth-order valence-electron chi connectivity index (χ4n) is 0. The Morgan fingerprint density at radius 3 is 1.12 bits per heavy atom. The summed E-state index contributed by atoms with van der Waals surface area (Å²) < 4.78 is 36.3. The summed E-state index contributed by atoms with van der Waals surface area (Å²) in [7, 11) is -5.90. The summed E-state index contributed by atoms with van der Waals surface area (Å²) in [6, 6.07) is 0. The SMILES string of the molecule is O=S([O-])S(=O)[O-].[Fe+2].[Na+]. The Morgan fingerprint density at radius 1 is 1.00 bits per heavy atom. The van der Waals surface area contributed by atoms with Crippen LogP contribution in [-0.2, 0) is 37.3 Å². The Hall–Kier alpha value is 1.74. The molecule has 0 aromatic carbocycles. The Labute approximate surface area is 83.5 Å². The summed E-state index contributed by atoms with van der Waals surface area (Å²) in [6.07, 6.45) is 0. The second kappa shape index (κ2) is 8.74. The zero-order valence-electron chi connectivity index (χ0n) is 3.80. The largest absolute Gasteiger partial charge is 2.00 e. The number of hydrogen-bond acceptors (Lipinski definition) is 4. The molecule has 0 aliphatic carbocycles. The van der Waals surface area contributed by atoms with Crippen LogP contribution in [0.25, 0.3) is 0 Å². The van der Waals surface area contributed by atoms with Crippen molar-refractivity contribution >= 4 is 20.2 Å². The number of hydrogen-bond donors (Lipinski definition) is 0. The normalized spacial score (nSPS) is 14.8. The van der Waals surface area contributed by atoms with Crippen molar-refractivity contribution in [2.75, 3.05) is 0 Å². The van der Waals surface area contributed by atoms with Gasteiger partial charge in [0.05, 0.1) is 0 Å². The van der Waals surface area contributed by atoms with E-state index in [2.05, 4.69) is 0 Å². The molecule has 0 aromatic rings. The molecule has 44 valence electrons. The average molecular weight is 207 g/mol. The molecule has 0 aliphatic heterocycles. The van der Waals surface area contributed by atoms with Gasteiger partial charge in [-0.25, -0.2) is 0 Å². The molecule has 0 bridgehead atoms. The van der Waals surface area contributed by atoms with E-state index in [0.29, 0.717) is 0 Å². The van der Waals surface area contributed by atoms with Crippen LogP contribution in [0.4, 0.5) is 0 Å². The van der Waals surface area contributed by atoms with Crippen LogP contribution in [0, 0.1) is 0 Å². The van der Waals surface area contributed by atoms with Crippen molar-refractivity contribution < 1.29 is 64.1 Å². The van der Waals surface area contributed by atoms with Crippen LogP contribution in [-0.4, -0.2) is 17.5 Å². The summed E-state index contributed by atoms with van der Waals surface area (Å²) in [5.74, 6) is 0. The molecular weight excluding hydrogens is 207 g/mol. The van der Waals surface area contributed by atoms with E-state index in [1.807, 2.05) is 0 Å². The predicted octanol–water partition coefficient (Wildman–Crippen LogP) is -4.34. The van der Waals surface area contributed by atoms with Crippen LogP contribution in [0.1, 0.15) is 0 Å². The van der Waals surface area contributed by atoms with Gasteiger partial charge in [0.15, 0.2) is 0 Å². The Kier molecular flexibility index (Phi) is 17.9. The Morgan fingerprint density at radius 2 is 1.12 bits per heavy atom. The van der Waals surface area contributed by atoms with E-state index in [9.17, 15) is 0 Å². The maximum absolute atomic E-state index is 9.09. The van der Waals surface area contributed by atoms with Gasteiger partial charge in [-0.1, -0.05) is 0 Å². The molecule has 0 heterocycles. The van der Waals surface area contributed by atoms with Crippen LogP contribution in [0.3, 0.4) is 0 Å². The minimum absolute atomic E-state index is 0. The van der Waals surface area contributed by atoms with Crippen molar-refractivity contribution in [2.45, 2.75) is 0 Å². The third kappa shape index (κ3) is 10.7. The van der Waals surface area contributed by atoms with E-state index in [1.54, 1.807) is 0 Å². The molecule has 0 saturated carbocycles. The summed E-state index contributed by atoms with van der Waals surface area (Å²) >= 11 is 0. The van der Waals surface area contributed by atoms with E-state index in [4.69, 9.17) is 17.5 Å². The van der Waals surface area contributed by atoms with Gasteiger partial charge in [0, 0.05) is 20.2 Å². The molecule has 0 amide bonds. The molecule has 0 saturated heterocycles. The van der Waals surface area contributed by atoms with Gasteiger partial charge in [-0.3, -0.25) is 8.42 Å². The van der Waals surface area contributed by atoms with E-state index in [1.165, 1.54) is 0 Å². The first-order valence-electron chi connectivity index (χ1n) is 0.833. The van der Waals surface area contributed by atoms with Crippen molar-refractivity contribution in [1.82, 2.24) is 0 Å². The van der Waals surface area contributed by atoms with Crippen LogP contribution in [0.2, 0.25) is 0 Å². The van der Waals surface area contributed by atoms with Crippen molar-refractivity contribution in [2.24, 2.45) is 0 Å². The minimum Gasteiger partial charge on any atom is -0.763 e. The van der Waals surface area contributed by atoms with Gasteiger partial charge in [-0.05, 0) is 0 Å². The molecule has 0 radical (unpaired) electrons. The van der Waals surface area contributed by atoms with E-state index < -0.39 is 20.2 Å². The second-order valence-electron chi connectivity index (χ2n) is 0.408. The van der Waals surface area contributed by atoms with E-state index in [0.717, 1.165) is 0 Å². The monoisotopic (exact) mass is 207 g/mol. The van der Waals surface area contributed by atoms with Gasteiger partial charge in [0.25, 0.3) is 0 Å². The van der Waals surface area contributed by atoms with Gasteiger partial charge in [-0.2, -0.15) is 0 Å². The van der Waals surface area contributed by atoms with Gasteiger partial charge < -0.3 is 9.11 Å². The van der Waals surface area contributed by atoms with E-state index >= 15 is 0 Å². The zero-order valence-corrected chi connectivity index (χ0v) is 8.54. The predicted molar refractivity (Wildman–Crippen MR) is 17.8 cm³/mol. The molecule has 0 aliphatic rings. The van der Waals surface area contributed by atoms with E-state index in [-0.39, 0.29) is 46.6 Å². The van der Waals surface area contributed by atoms with Gasteiger partial charge in [0.1, 0.15) is 0 Å². The average Bonchev–Trinajstić information content (AvgIpc) is 1.36. The maximum Gasteiger partial charge on any atom is 2.00 e. The minimum atomic E-state index is -2.95. The van der Waals surface area contributed by atoms with Crippen LogP contribution in [0.5, 0.6) is 0 Å². The second-order valence-corrected chi connectivity index (χ2v) is 2.86. The summed E-state index contributed by atoms with van der Waals surface area (Å²) in [5.41, 5.74) is 0. The molecule has 0 aromatic heterocycles. The molecule has 0 fully saturated rings. The molecule has 8 heavy (non-hydrogen) atoms. The van der Waals surface area contributed by atoms with Crippen molar-refractivity contribution in [1.29, 1.82) is 0 Å². The molecule has 0 rings (SSSR count). The fourth-order valence-corrected chi connectivity index (χ4v) is 0. The van der Waals surface area contributed by atoms with Crippen LogP contribution >= 0.6 is 0 Å². The maximum atomic E-state index is 9.09. The summed E-state index contributed by atoms with van der Waals surface area (Å²) in [6.45, 7) is 0. The van der Waals surface area contributed by atoms with Crippen molar-refractivity contribution in [3.8, 4) is 0 Å². The summed E-state index contributed by atoms with van der Waals surface area (Å²) in [5, 5.41) is 0. The quantitative estimate of drug-likeness (QED) is 0.247. The Bertz CT molecular complexity index is 80.0. The Balaban J connectivity index is -0.000000125. The molecule has 0 N–H and O–H groups in total. The van der Waals surface area contributed by atoms with Gasteiger partial charge >= 0.3 is 46.6 Å². The van der Waals surface area contributed by atoms with Gasteiger partial charge in [0.2, 0.25) is 0 Å².